The first-order valence-electron chi connectivity index (χ1n) is 7.47. The predicted molar refractivity (Wildman–Crippen MR) is 74.1 cm³/mol. The molecule has 0 spiro atoms. The number of amides is 1. The number of carbonyl (C=O) groups excluding carboxylic acids is 2. The van der Waals surface area contributed by atoms with Crippen molar-refractivity contribution >= 4 is 11.9 Å². The van der Waals surface area contributed by atoms with E-state index in [1.54, 1.807) is 4.90 Å². The van der Waals surface area contributed by atoms with E-state index in [2.05, 4.69) is 0 Å². The summed E-state index contributed by atoms with van der Waals surface area (Å²) in [5, 5.41) is 0. The molecule has 2 saturated heterocycles. The van der Waals surface area contributed by atoms with Crippen LogP contribution >= 0.6 is 0 Å². The Morgan fingerprint density at radius 2 is 1.90 bits per heavy atom. The fourth-order valence-corrected chi connectivity index (χ4v) is 2.81. The Hall–Kier alpha value is -1.10. The molecular weight excluding hydrogens is 258 g/mol. The molecule has 1 amide bonds. The molecule has 2 heterocycles. The largest absolute Gasteiger partial charge is 0.458 e. The summed E-state index contributed by atoms with van der Waals surface area (Å²) in [7, 11) is 0. The van der Waals surface area contributed by atoms with Crippen molar-refractivity contribution in [1.29, 1.82) is 0 Å². The number of hydrogen-bond donors (Lipinski definition) is 0. The summed E-state index contributed by atoms with van der Waals surface area (Å²) >= 11 is 0. The van der Waals surface area contributed by atoms with E-state index in [1.165, 1.54) is 0 Å². The Bertz CT molecular complexity index is 388. The average molecular weight is 283 g/mol. The maximum Gasteiger partial charge on any atom is 0.329 e. The summed E-state index contributed by atoms with van der Waals surface area (Å²) < 4.78 is 11.0. The lowest BCUT2D eigenvalue weighted by atomic mass is 10.1. The van der Waals surface area contributed by atoms with E-state index in [0.29, 0.717) is 13.0 Å². The fraction of sp³-hybridized carbons (Fsp3) is 0.867. The highest BCUT2D eigenvalue weighted by molar-refractivity contribution is 5.88. The van der Waals surface area contributed by atoms with E-state index in [-0.39, 0.29) is 24.1 Å². The molecule has 0 aromatic carbocycles. The van der Waals surface area contributed by atoms with Gasteiger partial charge in [0, 0.05) is 6.54 Å². The number of rotatable bonds is 2. The smallest absolute Gasteiger partial charge is 0.329 e. The minimum atomic E-state index is -0.521. The van der Waals surface area contributed by atoms with Crippen molar-refractivity contribution in [2.24, 2.45) is 0 Å². The summed E-state index contributed by atoms with van der Waals surface area (Å²) in [6.07, 6.45) is 2.93. The first-order valence-corrected chi connectivity index (χ1v) is 7.47. The van der Waals surface area contributed by atoms with E-state index >= 15 is 0 Å². The molecule has 2 unspecified atom stereocenters. The van der Waals surface area contributed by atoms with Gasteiger partial charge in [-0.15, -0.1) is 0 Å². The van der Waals surface area contributed by atoms with Crippen LogP contribution in [0.3, 0.4) is 0 Å². The number of carbonyl (C=O) groups is 2. The van der Waals surface area contributed by atoms with Crippen LogP contribution < -0.4 is 0 Å². The maximum absolute atomic E-state index is 12.5. The third-order valence-electron chi connectivity index (χ3n) is 3.72. The van der Waals surface area contributed by atoms with Gasteiger partial charge in [0.25, 0.3) is 5.91 Å². The van der Waals surface area contributed by atoms with Gasteiger partial charge < -0.3 is 14.4 Å². The van der Waals surface area contributed by atoms with Crippen molar-refractivity contribution in [1.82, 2.24) is 4.90 Å². The minimum absolute atomic E-state index is 0.0530. The number of ether oxygens (including phenoxy) is 2. The van der Waals surface area contributed by atoms with Crippen LogP contribution in [-0.2, 0) is 19.1 Å². The number of likely N-dealkylation sites (tertiary alicyclic amines) is 1. The van der Waals surface area contributed by atoms with Gasteiger partial charge in [-0.25, -0.2) is 4.79 Å². The van der Waals surface area contributed by atoms with Crippen LogP contribution in [0.25, 0.3) is 0 Å². The standard InChI is InChI=1S/C15H25NO4/c1-10-7-8-12(19-10)13(17)16-9-5-6-11(16)14(18)20-15(2,3)4/h10-12H,5-9H2,1-4H3/t10?,11-,12?/m0/s1. The highest BCUT2D eigenvalue weighted by atomic mass is 16.6. The van der Waals surface area contributed by atoms with E-state index in [4.69, 9.17) is 9.47 Å². The van der Waals surface area contributed by atoms with E-state index < -0.39 is 11.6 Å². The van der Waals surface area contributed by atoms with Gasteiger partial charge in [0.15, 0.2) is 0 Å². The van der Waals surface area contributed by atoms with Gasteiger partial charge in [0.2, 0.25) is 0 Å². The van der Waals surface area contributed by atoms with Crippen molar-refractivity contribution in [3.63, 3.8) is 0 Å². The molecule has 2 aliphatic heterocycles. The Morgan fingerprint density at radius 3 is 2.45 bits per heavy atom. The molecule has 3 atom stereocenters. The van der Waals surface area contributed by atoms with Crippen molar-refractivity contribution in [3.8, 4) is 0 Å². The molecule has 5 nitrogen and oxygen atoms in total. The third kappa shape index (κ3) is 3.51. The molecule has 2 fully saturated rings. The monoisotopic (exact) mass is 283 g/mol. The summed E-state index contributed by atoms with van der Waals surface area (Å²) in [6.45, 7) is 8.12. The zero-order valence-electron chi connectivity index (χ0n) is 12.8. The second-order valence-corrected chi connectivity index (χ2v) is 6.74. The lowest BCUT2D eigenvalue weighted by Crippen LogP contribution is -2.47. The number of hydrogen-bond acceptors (Lipinski definition) is 4. The molecule has 0 aromatic rings. The van der Waals surface area contributed by atoms with Crippen LogP contribution in [0.15, 0.2) is 0 Å². The van der Waals surface area contributed by atoms with Crippen molar-refractivity contribution in [3.05, 3.63) is 0 Å². The Kier molecular flexibility index (Phi) is 4.37. The Labute approximate surface area is 120 Å². The van der Waals surface area contributed by atoms with Crippen LogP contribution in [0.4, 0.5) is 0 Å². The molecule has 114 valence electrons. The normalized spacial score (nSPS) is 30.6. The second kappa shape index (κ2) is 5.72. The molecule has 0 N–H and O–H groups in total. The van der Waals surface area contributed by atoms with Gasteiger partial charge in [-0.1, -0.05) is 0 Å². The summed E-state index contributed by atoms with van der Waals surface area (Å²) in [6, 6.07) is -0.443. The van der Waals surface area contributed by atoms with Crippen LogP contribution in [0.1, 0.15) is 53.4 Å². The van der Waals surface area contributed by atoms with Gasteiger partial charge in [0.05, 0.1) is 6.10 Å². The SMILES string of the molecule is CC1CCC(C(=O)N2CCC[C@H]2C(=O)OC(C)(C)C)O1. The summed E-state index contributed by atoms with van der Waals surface area (Å²) in [4.78, 5) is 26.3. The van der Waals surface area contributed by atoms with Crippen LogP contribution in [0.2, 0.25) is 0 Å². The van der Waals surface area contributed by atoms with Crippen LogP contribution in [-0.4, -0.2) is 47.2 Å². The van der Waals surface area contributed by atoms with E-state index in [9.17, 15) is 9.59 Å². The summed E-state index contributed by atoms with van der Waals surface area (Å²) in [5.74, 6) is -0.350. The molecule has 2 aliphatic rings. The van der Waals surface area contributed by atoms with E-state index in [0.717, 1.165) is 19.3 Å². The Balaban J connectivity index is 2.00. The maximum atomic E-state index is 12.5. The molecule has 2 rings (SSSR count). The van der Waals surface area contributed by atoms with Crippen molar-refractivity contribution < 1.29 is 19.1 Å². The predicted octanol–water partition coefficient (Wildman–Crippen LogP) is 1.89. The zero-order valence-corrected chi connectivity index (χ0v) is 12.8. The van der Waals surface area contributed by atoms with Gasteiger partial charge >= 0.3 is 5.97 Å². The first kappa shape index (κ1) is 15.3. The minimum Gasteiger partial charge on any atom is -0.458 e. The molecule has 20 heavy (non-hydrogen) atoms. The molecule has 0 saturated carbocycles. The van der Waals surface area contributed by atoms with Crippen LogP contribution in [0.5, 0.6) is 0 Å². The molecular formula is C15H25NO4. The molecule has 5 heteroatoms. The highest BCUT2D eigenvalue weighted by Gasteiger charge is 2.41. The lowest BCUT2D eigenvalue weighted by Gasteiger charge is -2.28. The van der Waals surface area contributed by atoms with Gasteiger partial charge in [-0.3, -0.25) is 4.79 Å². The molecule has 0 aliphatic carbocycles. The third-order valence-corrected chi connectivity index (χ3v) is 3.72. The van der Waals surface area contributed by atoms with Gasteiger partial charge in [0.1, 0.15) is 17.7 Å². The van der Waals surface area contributed by atoms with Gasteiger partial charge in [-0.05, 0) is 53.4 Å². The number of esters is 1. The van der Waals surface area contributed by atoms with Crippen molar-refractivity contribution in [2.75, 3.05) is 6.54 Å². The van der Waals surface area contributed by atoms with Crippen molar-refractivity contribution in [2.45, 2.75) is 77.2 Å². The zero-order chi connectivity index (χ0) is 14.9. The van der Waals surface area contributed by atoms with Gasteiger partial charge in [-0.2, -0.15) is 0 Å². The average Bonchev–Trinajstić information content (AvgIpc) is 2.93. The molecule has 0 aromatic heterocycles. The topological polar surface area (TPSA) is 55.8 Å². The van der Waals surface area contributed by atoms with E-state index in [1.807, 2.05) is 27.7 Å². The lowest BCUT2D eigenvalue weighted by molar-refractivity contribution is -0.165. The van der Waals surface area contributed by atoms with Crippen LogP contribution in [0, 0.1) is 0 Å². The fourth-order valence-electron chi connectivity index (χ4n) is 2.81. The quantitative estimate of drug-likeness (QED) is 0.726. The molecule has 0 radical (unpaired) electrons. The Morgan fingerprint density at radius 1 is 1.20 bits per heavy atom. The number of nitrogens with zero attached hydrogens (tertiary/aromatic N) is 1. The second-order valence-electron chi connectivity index (χ2n) is 6.74. The first-order chi connectivity index (χ1) is 9.28. The summed E-state index contributed by atoms with van der Waals surface area (Å²) in [5.41, 5.74) is -0.521. The molecule has 0 bridgehead atoms. The highest BCUT2D eigenvalue weighted by Crippen LogP contribution is 2.26.